The molecule has 0 spiro atoms. The summed E-state index contributed by atoms with van der Waals surface area (Å²) in [5, 5.41) is 13.5. The van der Waals surface area contributed by atoms with Crippen molar-refractivity contribution in [2.24, 2.45) is 0 Å². The van der Waals surface area contributed by atoms with Crippen molar-refractivity contribution in [2.45, 2.75) is 25.8 Å². The van der Waals surface area contributed by atoms with Gasteiger partial charge in [0, 0.05) is 25.2 Å². The third-order valence-electron chi connectivity index (χ3n) is 3.51. The van der Waals surface area contributed by atoms with E-state index in [9.17, 15) is 19.7 Å². The van der Waals surface area contributed by atoms with Gasteiger partial charge in [-0.15, -0.1) is 0 Å². The number of nitrogens with one attached hydrogen (secondary N) is 1. The highest BCUT2D eigenvalue weighted by Gasteiger charge is 2.31. The number of benzene rings is 1. The van der Waals surface area contributed by atoms with Gasteiger partial charge in [-0.25, -0.2) is 0 Å². The average molecular weight is 291 g/mol. The van der Waals surface area contributed by atoms with Crippen LogP contribution < -0.4 is 5.32 Å². The Morgan fingerprint density at radius 3 is 2.95 bits per heavy atom. The van der Waals surface area contributed by atoms with Crippen LogP contribution in [0.5, 0.6) is 0 Å². The summed E-state index contributed by atoms with van der Waals surface area (Å²) in [6.07, 6.45) is 0.609. The van der Waals surface area contributed by atoms with Gasteiger partial charge in [-0.05, 0) is 12.0 Å². The van der Waals surface area contributed by atoms with Crippen LogP contribution in [0.2, 0.25) is 0 Å². The van der Waals surface area contributed by atoms with E-state index in [-0.39, 0.29) is 23.9 Å². The lowest BCUT2D eigenvalue weighted by Gasteiger charge is -2.34. The minimum atomic E-state index is -0.489. The van der Waals surface area contributed by atoms with Gasteiger partial charge in [0.05, 0.1) is 11.3 Å². The Kier molecular flexibility index (Phi) is 4.52. The van der Waals surface area contributed by atoms with E-state index in [0.29, 0.717) is 25.1 Å². The first-order valence-electron chi connectivity index (χ1n) is 6.83. The third kappa shape index (κ3) is 3.36. The first-order chi connectivity index (χ1) is 10.0. The molecular weight excluding hydrogens is 274 g/mol. The Hall–Kier alpha value is -2.44. The smallest absolute Gasteiger partial charge is 0.269 e. The largest absolute Gasteiger partial charge is 0.353 e. The number of amides is 2. The monoisotopic (exact) mass is 291 g/mol. The molecule has 2 amide bonds. The van der Waals surface area contributed by atoms with Gasteiger partial charge in [-0.2, -0.15) is 0 Å². The van der Waals surface area contributed by atoms with Crippen LogP contribution in [0.25, 0.3) is 0 Å². The molecule has 1 aromatic carbocycles. The van der Waals surface area contributed by atoms with E-state index in [4.69, 9.17) is 0 Å². The summed E-state index contributed by atoms with van der Waals surface area (Å²) < 4.78 is 0. The average Bonchev–Trinajstić information content (AvgIpc) is 2.47. The molecule has 1 fully saturated rings. The molecule has 1 aliphatic rings. The fraction of sp³-hybridized carbons (Fsp3) is 0.429. The molecule has 2 rings (SSSR count). The number of non-ortho nitro benzene ring substituents is 1. The van der Waals surface area contributed by atoms with E-state index in [2.05, 4.69) is 5.32 Å². The number of carbonyl (C=O) groups excluding carboxylic acids is 2. The van der Waals surface area contributed by atoms with Crippen molar-refractivity contribution in [3.63, 3.8) is 0 Å². The van der Waals surface area contributed by atoms with Crippen molar-refractivity contribution in [2.75, 3.05) is 13.1 Å². The number of nitrogens with zero attached hydrogens (tertiary/aromatic N) is 2. The van der Waals surface area contributed by atoms with Crippen molar-refractivity contribution in [3.8, 4) is 0 Å². The topological polar surface area (TPSA) is 92.6 Å². The number of hydrogen-bond donors (Lipinski definition) is 1. The summed E-state index contributed by atoms with van der Waals surface area (Å²) in [5.74, 6) is -0.326. The fourth-order valence-corrected chi connectivity index (χ4v) is 2.48. The standard InChI is InChI=1S/C14H17N3O4/c1-2-12-14(19)15-6-7-16(12)13(18)9-10-4-3-5-11(8-10)17(20)21/h3-5,8,12H,2,6-7,9H2,1H3,(H,15,19). The van der Waals surface area contributed by atoms with E-state index in [0.717, 1.165) is 0 Å². The van der Waals surface area contributed by atoms with Crippen LogP contribution in [-0.2, 0) is 16.0 Å². The fourth-order valence-electron chi connectivity index (χ4n) is 2.48. The quantitative estimate of drug-likeness (QED) is 0.658. The van der Waals surface area contributed by atoms with E-state index < -0.39 is 11.0 Å². The second-order valence-electron chi connectivity index (χ2n) is 4.91. The molecular formula is C14H17N3O4. The van der Waals surface area contributed by atoms with Gasteiger partial charge in [0.25, 0.3) is 5.69 Å². The second-order valence-corrected chi connectivity index (χ2v) is 4.91. The Morgan fingerprint density at radius 1 is 1.52 bits per heavy atom. The van der Waals surface area contributed by atoms with Gasteiger partial charge >= 0.3 is 0 Å². The van der Waals surface area contributed by atoms with Crippen LogP contribution in [0.4, 0.5) is 5.69 Å². The highest BCUT2D eigenvalue weighted by atomic mass is 16.6. The predicted molar refractivity (Wildman–Crippen MR) is 75.6 cm³/mol. The van der Waals surface area contributed by atoms with Gasteiger partial charge in [0.2, 0.25) is 11.8 Å². The van der Waals surface area contributed by atoms with Crippen molar-refractivity contribution >= 4 is 17.5 Å². The molecule has 1 saturated heterocycles. The van der Waals surface area contributed by atoms with Crippen LogP contribution in [0, 0.1) is 10.1 Å². The zero-order valence-corrected chi connectivity index (χ0v) is 11.7. The van der Waals surface area contributed by atoms with E-state index in [1.54, 1.807) is 17.0 Å². The SMILES string of the molecule is CCC1C(=O)NCCN1C(=O)Cc1cccc([N+](=O)[O-])c1. The molecule has 112 valence electrons. The molecule has 1 heterocycles. The number of carbonyl (C=O) groups is 2. The molecule has 0 aliphatic carbocycles. The van der Waals surface area contributed by atoms with Crippen molar-refractivity contribution < 1.29 is 14.5 Å². The lowest BCUT2D eigenvalue weighted by Crippen LogP contribution is -2.57. The minimum absolute atomic E-state index is 0.0382. The molecule has 1 aromatic rings. The maximum absolute atomic E-state index is 12.3. The van der Waals surface area contributed by atoms with E-state index in [1.807, 2.05) is 6.92 Å². The highest BCUT2D eigenvalue weighted by Crippen LogP contribution is 2.16. The zero-order valence-electron chi connectivity index (χ0n) is 11.7. The Balaban J connectivity index is 2.11. The van der Waals surface area contributed by atoms with Crippen LogP contribution in [0.15, 0.2) is 24.3 Å². The summed E-state index contributed by atoms with van der Waals surface area (Å²) in [7, 11) is 0. The molecule has 0 radical (unpaired) electrons. The molecule has 7 nitrogen and oxygen atoms in total. The van der Waals surface area contributed by atoms with Crippen molar-refractivity contribution in [3.05, 3.63) is 39.9 Å². The minimum Gasteiger partial charge on any atom is -0.353 e. The number of nitro benzene ring substituents is 1. The molecule has 0 aromatic heterocycles. The summed E-state index contributed by atoms with van der Waals surface area (Å²) in [5.41, 5.74) is 0.541. The summed E-state index contributed by atoms with van der Waals surface area (Å²) >= 11 is 0. The lowest BCUT2D eigenvalue weighted by atomic mass is 10.1. The number of piperazine rings is 1. The van der Waals surface area contributed by atoms with Crippen molar-refractivity contribution in [1.82, 2.24) is 10.2 Å². The van der Waals surface area contributed by atoms with Crippen LogP contribution in [0.3, 0.4) is 0 Å². The molecule has 1 unspecified atom stereocenters. The van der Waals surface area contributed by atoms with Crippen molar-refractivity contribution in [1.29, 1.82) is 0 Å². The first-order valence-corrected chi connectivity index (χ1v) is 6.83. The van der Waals surface area contributed by atoms with Crippen LogP contribution in [-0.4, -0.2) is 40.8 Å². The molecule has 7 heteroatoms. The third-order valence-corrected chi connectivity index (χ3v) is 3.51. The highest BCUT2D eigenvalue weighted by molar-refractivity contribution is 5.89. The Morgan fingerprint density at radius 2 is 2.29 bits per heavy atom. The Labute approximate surface area is 122 Å². The normalized spacial score (nSPS) is 18.2. The van der Waals surface area contributed by atoms with Gasteiger partial charge < -0.3 is 10.2 Å². The maximum Gasteiger partial charge on any atom is 0.269 e. The van der Waals surface area contributed by atoms with E-state index >= 15 is 0 Å². The summed E-state index contributed by atoms with van der Waals surface area (Å²) in [6, 6.07) is 5.56. The zero-order chi connectivity index (χ0) is 15.4. The predicted octanol–water partition coefficient (Wildman–Crippen LogP) is 0.874. The Bertz CT molecular complexity index is 573. The molecule has 21 heavy (non-hydrogen) atoms. The molecule has 0 saturated carbocycles. The number of rotatable bonds is 4. The molecule has 1 atom stereocenters. The van der Waals surface area contributed by atoms with Crippen LogP contribution in [0.1, 0.15) is 18.9 Å². The van der Waals surface area contributed by atoms with E-state index in [1.165, 1.54) is 12.1 Å². The molecule has 1 aliphatic heterocycles. The first kappa shape index (κ1) is 15.0. The van der Waals surface area contributed by atoms with Gasteiger partial charge in [-0.1, -0.05) is 19.1 Å². The molecule has 0 bridgehead atoms. The van der Waals surface area contributed by atoms with Gasteiger partial charge in [0.1, 0.15) is 6.04 Å². The lowest BCUT2D eigenvalue weighted by molar-refractivity contribution is -0.384. The van der Waals surface area contributed by atoms with Crippen LogP contribution >= 0.6 is 0 Å². The second kappa shape index (κ2) is 6.34. The maximum atomic E-state index is 12.3. The number of hydrogen-bond acceptors (Lipinski definition) is 4. The van der Waals surface area contributed by atoms with Gasteiger partial charge in [0.15, 0.2) is 0 Å². The number of nitro groups is 1. The van der Waals surface area contributed by atoms with Gasteiger partial charge in [-0.3, -0.25) is 19.7 Å². The molecule has 1 N–H and O–H groups in total. The summed E-state index contributed by atoms with van der Waals surface area (Å²) in [4.78, 5) is 35.9. The summed E-state index contributed by atoms with van der Waals surface area (Å²) in [6.45, 7) is 2.76.